The molecule has 1 aliphatic rings. The van der Waals surface area contributed by atoms with E-state index in [0.717, 1.165) is 5.56 Å². The first kappa shape index (κ1) is 11.7. The van der Waals surface area contributed by atoms with Crippen LogP contribution in [0, 0.1) is 11.0 Å². The molecule has 1 N–H and O–H groups in total. The van der Waals surface area contributed by atoms with Crippen LogP contribution in [0.15, 0.2) is 53.8 Å². The van der Waals surface area contributed by atoms with Crippen molar-refractivity contribution in [1.82, 2.24) is 4.98 Å². The van der Waals surface area contributed by atoms with E-state index >= 15 is 0 Å². The van der Waals surface area contributed by atoms with Crippen molar-refractivity contribution in [3.05, 3.63) is 70.9 Å². The number of nitrogens with zero attached hydrogens (tertiary/aromatic N) is 2. The van der Waals surface area contributed by atoms with Crippen molar-refractivity contribution in [2.75, 3.05) is 0 Å². The Balaban J connectivity index is 2.13. The molecule has 0 aliphatic carbocycles. The van der Waals surface area contributed by atoms with Crippen molar-refractivity contribution in [3.63, 3.8) is 0 Å². The molecule has 0 spiro atoms. The molecule has 1 aliphatic heterocycles. The van der Waals surface area contributed by atoms with E-state index in [0.29, 0.717) is 17.0 Å². The van der Waals surface area contributed by atoms with Crippen LogP contribution in [0.5, 0.6) is 0 Å². The third-order valence-corrected chi connectivity index (χ3v) is 2.88. The van der Waals surface area contributed by atoms with E-state index in [2.05, 4.69) is 9.98 Å². The van der Waals surface area contributed by atoms with Gasteiger partial charge in [0.2, 0.25) is 0 Å². The molecule has 0 radical (unpaired) electrons. The van der Waals surface area contributed by atoms with Crippen LogP contribution in [-0.2, 0) is 0 Å². The summed E-state index contributed by atoms with van der Waals surface area (Å²) in [6.07, 6.45) is 4.57. The Morgan fingerprint density at radius 3 is 2.32 bits per heavy atom. The normalized spacial score (nSPS) is 18.1. The molecule has 0 bridgehead atoms. The number of benzene rings is 1. The molecule has 1 aromatic heterocycles. The smallest absolute Gasteiger partial charge is 0.194 e. The van der Waals surface area contributed by atoms with Gasteiger partial charge in [-0.3, -0.25) is 10.0 Å². The fourth-order valence-corrected chi connectivity index (χ4v) is 1.99. The van der Waals surface area contributed by atoms with E-state index in [1.54, 1.807) is 36.7 Å². The van der Waals surface area contributed by atoms with Gasteiger partial charge in [-0.1, -0.05) is 0 Å². The SMILES string of the molecule is [O-][NH+]1C=NC(c2ccncc2)=C1c1ccc(F)cc1. The highest BCUT2D eigenvalue weighted by molar-refractivity contribution is 5.93. The monoisotopic (exact) mass is 255 g/mol. The minimum Gasteiger partial charge on any atom is -0.623 e. The van der Waals surface area contributed by atoms with Crippen LogP contribution < -0.4 is 5.06 Å². The standard InChI is InChI=1S/C14H10FN3O/c15-12-3-1-11(2-4-12)14-13(17-9-18(14)19)10-5-7-16-8-6-10/h1-9,18H. The minimum atomic E-state index is -0.332. The lowest BCUT2D eigenvalue weighted by Gasteiger charge is -2.16. The summed E-state index contributed by atoms with van der Waals surface area (Å²) in [5, 5.41) is 11.8. The van der Waals surface area contributed by atoms with Gasteiger partial charge in [-0.15, -0.1) is 0 Å². The molecule has 4 nitrogen and oxygen atoms in total. The van der Waals surface area contributed by atoms with Gasteiger partial charge < -0.3 is 5.21 Å². The molecule has 94 valence electrons. The van der Waals surface area contributed by atoms with Crippen LogP contribution in [0.25, 0.3) is 11.4 Å². The fourth-order valence-electron chi connectivity index (χ4n) is 1.99. The summed E-state index contributed by atoms with van der Waals surface area (Å²) in [6.45, 7) is 0. The number of nitrogens with one attached hydrogen (secondary N) is 1. The highest BCUT2D eigenvalue weighted by Crippen LogP contribution is 2.25. The molecule has 2 aromatic rings. The average Bonchev–Trinajstić information content (AvgIpc) is 2.83. The highest BCUT2D eigenvalue weighted by Gasteiger charge is 2.22. The summed E-state index contributed by atoms with van der Waals surface area (Å²) in [5.41, 5.74) is 2.57. The third kappa shape index (κ3) is 2.16. The van der Waals surface area contributed by atoms with Crippen molar-refractivity contribution in [1.29, 1.82) is 0 Å². The summed E-state index contributed by atoms with van der Waals surface area (Å²) in [4.78, 5) is 8.09. The zero-order valence-corrected chi connectivity index (χ0v) is 9.88. The summed E-state index contributed by atoms with van der Waals surface area (Å²) in [7, 11) is 0. The number of pyridine rings is 1. The molecule has 1 atom stereocenters. The molecule has 2 heterocycles. The van der Waals surface area contributed by atoms with Gasteiger partial charge in [-0.05, 0) is 36.4 Å². The van der Waals surface area contributed by atoms with E-state index in [9.17, 15) is 9.60 Å². The maximum atomic E-state index is 13.0. The molecular weight excluding hydrogens is 245 g/mol. The Labute approximate surface area is 109 Å². The zero-order valence-electron chi connectivity index (χ0n) is 9.88. The lowest BCUT2D eigenvalue weighted by atomic mass is 10.1. The summed E-state index contributed by atoms with van der Waals surface area (Å²) < 4.78 is 13.0. The van der Waals surface area contributed by atoms with Crippen LogP contribution in [0.1, 0.15) is 11.1 Å². The van der Waals surface area contributed by atoms with Gasteiger partial charge in [-0.2, -0.15) is 4.99 Å². The van der Waals surface area contributed by atoms with Crippen LogP contribution in [0.4, 0.5) is 4.39 Å². The first-order valence-electron chi connectivity index (χ1n) is 5.75. The van der Waals surface area contributed by atoms with Gasteiger partial charge in [0.05, 0.1) is 0 Å². The second kappa shape index (κ2) is 4.72. The Bertz CT molecular complexity index is 650. The van der Waals surface area contributed by atoms with E-state index in [1.165, 1.54) is 18.5 Å². The first-order chi connectivity index (χ1) is 9.25. The number of halogens is 1. The van der Waals surface area contributed by atoms with Crippen molar-refractivity contribution >= 4 is 17.7 Å². The number of hydrogen-bond donors (Lipinski definition) is 1. The summed E-state index contributed by atoms with van der Waals surface area (Å²) in [6, 6.07) is 9.40. The molecular formula is C14H10FN3O. The fraction of sp³-hybridized carbons (Fsp3) is 0. The molecule has 3 rings (SSSR count). The number of hydrogen-bond acceptors (Lipinski definition) is 3. The van der Waals surface area contributed by atoms with E-state index in [1.807, 2.05) is 0 Å². The summed E-state index contributed by atoms with van der Waals surface area (Å²) >= 11 is 0. The van der Waals surface area contributed by atoms with Crippen molar-refractivity contribution in [2.45, 2.75) is 0 Å². The van der Waals surface area contributed by atoms with Gasteiger partial charge in [0.25, 0.3) is 0 Å². The second-order valence-electron chi connectivity index (χ2n) is 4.09. The van der Waals surface area contributed by atoms with Crippen molar-refractivity contribution < 1.29 is 9.45 Å². The van der Waals surface area contributed by atoms with Crippen LogP contribution in [0.2, 0.25) is 0 Å². The Hall–Kier alpha value is -2.37. The van der Waals surface area contributed by atoms with E-state index in [-0.39, 0.29) is 10.9 Å². The Morgan fingerprint density at radius 1 is 0.947 bits per heavy atom. The number of aliphatic imine (C=N–C) groups is 1. The van der Waals surface area contributed by atoms with Gasteiger partial charge in [0.15, 0.2) is 12.0 Å². The topological polar surface area (TPSA) is 52.8 Å². The highest BCUT2D eigenvalue weighted by atomic mass is 19.1. The number of hydroxylamine groups is 2. The molecule has 1 aromatic carbocycles. The maximum absolute atomic E-state index is 13.0. The molecule has 0 saturated carbocycles. The molecule has 5 heteroatoms. The zero-order chi connectivity index (χ0) is 13.2. The van der Waals surface area contributed by atoms with Gasteiger partial charge in [0.1, 0.15) is 11.5 Å². The molecule has 0 amide bonds. The molecule has 1 unspecified atom stereocenters. The lowest BCUT2D eigenvalue weighted by Crippen LogP contribution is -3.02. The van der Waals surface area contributed by atoms with Crippen molar-refractivity contribution in [2.24, 2.45) is 4.99 Å². The lowest BCUT2D eigenvalue weighted by molar-refractivity contribution is -0.647. The molecule has 0 saturated heterocycles. The summed E-state index contributed by atoms with van der Waals surface area (Å²) in [5.74, 6) is -0.332. The number of quaternary nitrogens is 1. The quantitative estimate of drug-likeness (QED) is 0.826. The maximum Gasteiger partial charge on any atom is 0.194 e. The largest absolute Gasteiger partial charge is 0.623 e. The van der Waals surface area contributed by atoms with E-state index in [4.69, 9.17) is 0 Å². The van der Waals surface area contributed by atoms with Crippen molar-refractivity contribution in [3.8, 4) is 0 Å². The first-order valence-corrected chi connectivity index (χ1v) is 5.75. The van der Waals surface area contributed by atoms with Gasteiger partial charge in [0, 0.05) is 23.5 Å². The molecule has 0 fully saturated rings. The minimum absolute atomic E-state index is 0.168. The predicted octanol–water partition coefficient (Wildman–Crippen LogP) is 1.47. The predicted molar refractivity (Wildman–Crippen MR) is 70.3 cm³/mol. The average molecular weight is 255 g/mol. The second-order valence-corrected chi connectivity index (χ2v) is 4.09. The number of aromatic nitrogens is 1. The molecule has 19 heavy (non-hydrogen) atoms. The van der Waals surface area contributed by atoms with E-state index < -0.39 is 0 Å². The third-order valence-electron chi connectivity index (χ3n) is 2.88. The van der Waals surface area contributed by atoms with Crippen LogP contribution >= 0.6 is 0 Å². The number of rotatable bonds is 2. The van der Waals surface area contributed by atoms with Gasteiger partial charge in [-0.25, -0.2) is 4.39 Å². The Kier molecular flexibility index (Phi) is 2.91. The van der Waals surface area contributed by atoms with Gasteiger partial charge >= 0.3 is 0 Å². The van der Waals surface area contributed by atoms with Crippen LogP contribution in [0.3, 0.4) is 0 Å². The van der Waals surface area contributed by atoms with Crippen LogP contribution in [-0.4, -0.2) is 11.3 Å². The Morgan fingerprint density at radius 2 is 1.63 bits per heavy atom.